The molecule has 23 heavy (non-hydrogen) atoms. The predicted molar refractivity (Wildman–Crippen MR) is 86.0 cm³/mol. The number of aryl methyl sites for hydroxylation is 2. The van der Waals surface area contributed by atoms with Crippen molar-refractivity contribution in [1.29, 1.82) is 0 Å². The van der Waals surface area contributed by atoms with Crippen molar-refractivity contribution < 1.29 is 14.1 Å². The van der Waals surface area contributed by atoms with Crippen molar-refractivity contribution in [2.45, 2.75) is 46.2 Å². The minimum absolute atomic E-state index is 0.0589. The van der Waals surface area contributed by atoms with E-state index >= 15 is 0 Å². The average molecular weight is 322 g/mol. The van der Waals surface area contributed by atoms with Crippen LogP contribution in [0.25, 0.3) is 0 Å². The molecule has 7 heteroatoms. The lowest BCUT2D eigenvalue weighted by atomic mass is 10.1. The highest BCUT2D eigenvalue weighted by Crippen LogP contribution is 2.18. The summed E-state index contributed by atoms with van der Waals surface area (Å²) in [5, 5.41) is 6.56. The summed E-state index contributed by atoms with van der Waals surface area (Å²) in [6, 6.07) is -0.105. The minimum Gasteiger partial charge on any atom is -0.361 e. The van der Waals surface area contributed by atoms with Gasteiger partial charge < -0.3 is 14.7 Å². The highest BCUT2D eigenvalue weighted by molar-refractivity contribution is 5.89. The third-order valence-electron chi connectivity index (χ3n) is 4.52. The Balaban J connectivity index is 2.15. The smallest absolute Gasteiger partial charge is 0.243 e. The van der Waals surface area contributed by atoms with Gasteiger partial charge in [0.2, 0.25) is 11.8 Å². The molecule has 128 valence electrons. The van der Waals surface area contributed by atoms with Gasteiger partial charge >= 0.3 is 0 Å². The fourth-order valence-corrected chi connectivity index (χ4v) is 2.97. The molecule has 1 saturated heterocycles. The lowest BCUT2D eigenvalue weighted by Gasteiger charge is -2.42. The molecule has 2 amide bonds. The monoisotopic (exact) mass is 322 g/mol. The fraction of sp³-hybridized carbons (Fsp3) is 0.688. The number of likely N-dealkylation sites (N-methyl/N-ethyl adjacent to an activating group) is 1. The number of nitrogens with zero attached hydrogens (tertiary/aromatic N) is 3. The second kappa shape index (κ2) is 7.12. The third kappa shape index (κ3) is 3.72. The van der Waals surface area contributed by atoms with Gasteiger partial charge in [-0.25, -0.2) is 0 Å². The molecule has 2 rings (SSSR count). The van der Waals surface area contributed by atoms with Gasteiger partial charge in [-0.1, -0.05) is 5.16 Å². The number of nitrogens with one attached hydrogen (secondary N) is 1. The van der Waals surface area contributed by atoms with E-state index in [1.54, 1.807) is 18.9 Å². The lowest BCUT2D eigenvalue weighted by molar-refractivity contribution is -0.143. The number of piperazine rings is 1. The van der Waals surface area contributed by atoms with E-state index in [0.717, 1.165) is 17.8 Å². The minimum atomic E-state index is -0.455. The van der Waals surface area contributed by atoms with Crippen LogP contribution in [0.15, 0.2) is 4.52 Å². The molecule has 1 unspecified atom stereocenters. The van der Waals surface area contributed by atoms with Crippen LogP contribution in [0.1, 0.15) is 30.9 Å². The summed E-state index contributed by atoms with van der Waals surface area (Å²) in [5.74, 6) is 0.479. The highest BCUT2D eigenvalue weighted by Gasteiger charge is 2.35. The maximum absolute atomic E-state index is 12.7. The van der Waals surface area contributed by atoms with Crippen molar-refractivity contribution >= 4 is 11.8 Å². The standard InChI is InChI=1S/C16H26N4O3/c1-10(2)19-6-7-20(14(9-19)16(22)17-5)15(21)8-13-11(3)18-23-12(13)4/h10,14H,6-9H2,1-5H3,(H,17,22). The maximum Gasteiger partial charge on any atom is 0.243 e. The second-order valence-electron chi connectivity index (χ2n) is 6.29. The van der Waals surface area contributed by atoms with Crippen LogP contribution in [0.4, 0.5) is 0 Å². The van der Waals surface area contributed by atoms with Crippen LogP contribution in [0, 0.1) is 13.8 Å². The molecule has 0 bridgehead atoms. The van der Waals surface area contributed by atoms with Gasteiger partial charge in [-0.15, -0.1) is 0 Å². The molecule has 1 fully saturated rings. The summed E-state index contributed by atoms with van der Waals surface area (Å²) < 4.78 is 5.12. The molecule has 1 aliphatic heterocycles. The molecular formula is C16H26N4O3. The van der Waals surface area contributed by atoms with Crippen molar-refractivity contribution in [1.82, 2.24) is 20.3 Å². The van der Waals surface area contributed by atoms with E-state index in [4.69, 9.17) is 4.52 Å². The Morgan fingerprint density at radius 2 is 2.04 bits per heavy atom. The second-order valence-corrected chi connectivity index (χ2v) is 6.29. The predicted octanol–water partition coefficient (Wildman–Crippen LogP) is 0.501. The molecule has 1 N–H and O–H groups in total. The summed E-state index contributed by atoms with van der Waals surface area (Å²) in [6.45, 7) is 9.72. The van der Waals surface area contributed by atoms with Gasteiger partial charge in [0.1, 0.15) is 11.8 Å². The van der Waals surface area contributed by atoms with Crippen molar-refractivity contribution in [2.75, 3.05) is 26.7 Å². The van der Waals surface area contributed by atoms with Crippen molar-refractivity contribution in [3.63, 3.8) is 0 Å². The van der Waals surface area contributed by atoms with E-state index < -0.39 is 6.04 Å². The summed E-state index contributed by atoms with van der Waals surface area (Å²) in [4.78, 5) is 28.9. The van der Waals surface area contributed by atoms with Crippen molar-refractivity contribution in [3.05, 3.63) is 17.0 Å². The van der Waals surface area contributed by atoms with Crippen molar-refractivity contribution in [3.8, 4) is 0 Å². The van der Waals surface area contributed by atoms with Crippen LogP contribution in [-0.4, -0.2) is 65.5 Å². The maximum atomic E-state index is 12.7. The van der Waals surface area contributed by atoms with Gasteiger partial charge in [0.15, 0.2) is 0 Å². The fourth-order valence-electron chi connectivity index (χ4n) is 2.97. The number of amides is 2. The summed E-state index contributed by atoms with van der Waals surface area (Å²) >= 11 is 0. The molecule has 1 aliphatic rings. The van der Waals surface area contributed by atoms with E-state index in [0.29, 0.717) is 24.9 Å². The molecule has 2 heterocycles. The van der Waals surface area contributed by atoms with Crippen LogP contribution in [-0.2, 0) is 16.0 Å². The topological polar surface area (TPSA) is 78.7 Å². The highest BCUT2D eigenvalue weighted by atomic mass is 16.5. The Bertz CT molecular complexity index is 562. The molecular weight excluding hydrogens is 296 g/mol. The quantitative estimate of drug-likeness (QED) is 0.873. The molecule has 0 saturated carbocycles. The van der Waals surface area contributed by atoms with Gasteiger partial charge in [0, 0.05) is 38.3 Å². The number of hydrogen-bond donors (Lipinski definition) is 1. The molecule has 1 atom stereocenters. The Morgan fingerprint density at radius 1 is 1.35 bits per heavy atom. The SMILES string of the molecule is CNC(=O)C1CN(C(C)C)CCN1C(=O)Cc1c(C)noc1C. The first-order valence-electron chi connectivity index (χ1n) is 8.02. The Hall–Kier alpha value is -1.89. The molecule has 7 nitrogen and oxygen atoms in total. The first-order chi connectivity index (χ1) is 10.8. The molecule has 0 radical (unpaired) electrons. The number of carbonyl (C=O) groups excluding carboxylic acids is 2. The number of carbonyl (C=O) groups is 2. The Morgan fingerprint density at radius 3 is 2.57 bits per heavy atom. The van der Waals surface area contributed by atoms with Crippen molar-refractivity contribution in [2.24, 2.45) is 0 Å². The van der Waals surface area contributed by atoms with Gasteiger partial charge in [0.05, 0.1) is 12.1 Å². The van der Waals surface area contributed by atoms with E-state index in [9.17, 15) is 9.59 Å². The summed E-state index contributed by atoms with van der Waals surface area (Å²) in [7, 11) is 1.60. The van der Waals surface area contributed by atoms with Gasteiger partial charge in [-0.05, 0) is 27.7 Å². The largest absolute Gasteiger partial charge is 0.361 e. The van der Waals surface area contributed by atoms with E-state index in [1.807, 2.05) is 6.92 Å². The van der Waals surface area contributed by atoms with E-state index in [-0.39, 0.29) is 18.2 Å². The normalized spacial score (nSPS) is 19.2. The zero-order valence-corrected chi connectivity index (χ0v) is 14.5. The van der Waals surface area contributed by atoms with Crippen LogP contribution < -0.4 is 5.32 Å². The average Bonchev–Trinajstić information content (AvgIpc) is 2.85. The van der Waals surface area contributed by atoms with Crippen LogP contribution >= 0.6 is 0 Å². The molecule has 0 aromatic carbocycles. The third-order valence-corrected chi connectivity index (χ3v) is 4.52. The molecule has 0 aliphatic carbocycles. The lowest BCUT2D eigenvalue weighted by Crippen LogP contribution is -2.61. The van der Waals surface area contributed by atoms with Crippen LogP contribution in [0.5, 0.6) is 0 Å². The van der Waals surface area contributed by atoms with Crippen LogP contribution in [0.3, 0.4) is 0 Å². The Labute approximate surface area is 137 Å². The Kier molecular flexibility index (Phi) is 5.41. The first-order valence-corrected chi connectivity index (χ1v) is 8.02. The number of aromatic nitrogens is 1. The number of hydrogen-bond acceptors (Lipinski definition) is 5. The van der Waals surface area contributed by atoms with Crippen LogP contribution in [0.2, 0.25) is 0 Å². The molecule has 1 aromatic heterocycles. The van der Waals surface area contributed by atoms with E-state index in [2.05, 4.69) is 29.2 Å². The van der Waals surface area contributed by atoms with E-state index in [1.165, 1.54) is 0 Å². The number of rotatable bonds is 4. The zero-order valence-electron chi connectivity index (χ0n) is 14.5. The zero-order chi connectivity index (χ0) is 17.1. The molecule has 0 spiro atoms. The first kappa shape index (κ1) is 17.5. The van der Waals surface area contributed by atoms with Gasteiger partial charge in [0.25, 0.3) is 0 Å². The van der Waals surface area contributed by atoms with Gasteiger partial charge in [-0.3, -0.25) is 14.5 Å². The van der Waals surface area contributed by atoms with Gasteiger partial charge in [-0.2, -0.15) is 0 Å². The molecule has 1 aromatic rings. The summed E-state index contributed by atoms with van der Waals surface area (Å²) in [5.41, 5.74) is 1.55. The summed E-state index contributed by atoms with van der Waals surface area (Å²) in [6.07, 6.45) is 0.219.